The van der Waals surface area contributed by atoms with Crippen molar-refractivity contribution in [3.05, 3.63) is 77.7 Å². The first kappa shape index (κ1) is 15.5. The van der Waals surface area contributed by atoms with Crippen LogP contribution in [0.3, 0.4) is 0 Å². The molecule has 0 spiro atoms. The Kier molecular flexibility index (Phi) is 4.13. The van der Waals surface area contributed by atoms with E-state index in [2.05, 4.69) is 12.6 Å². The van der Waals surface area contributed by atoms with E-state index in [-0.39, 0.29) is 11.8 Å². The maximum absolute atomic E-state index is 9.52. The molecule has 1 heterocycles. The minimum absolute atomic E-state index is 0.104. The molecule has 0 aliphatic carbocycles. The maximum Gasteiger partial charge on any atom is 0.205 e. The number of benzene rings is 2. The molecule has 1 aliphatic heterocycles. The molecule has 0 saturated heterocycles. The lowest BCUT2D eigenvalue weighted by atomic mass is 9.83. The van der Waals surface area contributed by atoms with Gasteiger partial charge >= 0.3 is 0 Å². The van der Waals surface area contributed by atoms with E-state index in [1.807, 2.05) is 30.3 Å². The highest BCUT2D eigenvalue weighted by molar-refractivity contribution is 5.59. The Balaban J connectivity index is 2.04. The number of nitriles is 1. The van der Waals surface area contributed by atoms with Crippen LogP contribution < -0.4 is 20.9 Å². The first-order valence-electron chi connectivity index (χ1n) is 7.44. The van der Waals surface area contributed by atoms with E-state index in [4.69, 9.17) is 20.9 Å². The zero-order valence-corrected chi connectivity index (χ0v) is 13.0. The molecule has 3 rings (SSSR count). The van der Waals surface area contributed by atoms with Gasteiger partial charge < -0.3 is 20.9 Å². The summed E-state index contributed by atoms with van der Waals surface area (Å²) in [6, 6.07) is 15.1. The topological polar surface area (TPSA) is 94.3 Å². The van der Waals surface area contributed by atoms with Gasteiger partial charge in [0, 0.05) is 17.3 Å². The molecule has 2 aromatic carbocycles. The van der Waals surface area contributed by atoms with E-state index in [9.17, 15) is 5.26 Å². The van der Waals surface area contributed by atoms with Crippen LogP contribution in [0.5, 0.6) is 11.5 Å². The summed E-state index contributed by atoms with van der Waals surface area (Å²) < 4.78 is 11.1. The van der Waals surface area contributed by atoms with Crippen LogP contribution in [0.4, 0.5) is 5.69 Å². The van der Waals surface area contributed by atoms with Crippen molar-refractivity contribution in [3.63, 3.8) is 0 Å². The van der Waals surface area contributed by atoms with E-state index in [1.165, 1.54) is 0 Å². The summed E-state index contributed by atoms with van der Waals surface area (Å²) in [5, 5.41) is 9.52. The van der Waals surface area contributed by atoms with E-state index >= 15 is 0 Å². The van der Waals surface area contributed by atoms with Crippen LogP contribution in [0.1, 0.15) is 17.0 Å². The molecule has 1 atom stereocenters. The Bertz CT molecular complexity index is 848. The van der Waals surface area contributed by atoms with Crippen molar-refractivity contribution in [3.8, 4) is 17.6 Å². The number of rotatable bonds is 4. The van der Waals surface area contributed by atoms with Crippen molar-refractivity contribution in [2.24, 2.45) is 5.73 Å². The summed E-state index contributed by atoms with van der Waals surface area (Å²) in [5.41, 5.74) is 14.5. The SMILES string of the molecule is C=CCOc1ccc([C@@H]2C(C#N)=C(N)Oc3cc(N)ccc32)cc1. The van der Waals surface area contributed by atoms with Crippen LogP contribution in [0.15, 0.2) is 66.6 Å². The Labute approximate surface area is 140 Å². The van der Waals surface area contributed by atoms with Crippen LogP contribution in [0.25, 0.3) is 0 Å². The van der Waals surface area contributed by atoms with Gasteiger partial charge in [0.2, 0.25) is 5.88 Å². The molecule has 4 N–H and O–H groups in total. The molecule has 2 aromatic rings. The number of fused-ring (bicyclic) bond motifs is 1. The Morgan fingerprint density at radius 1 is 1.21 bits per heavy atom. The normalized spacial score (nSPS) is 15.9. The molecule has 0 radical (unpaired) electrons. The molecule has 0 bridgehead atoms. The van der Waals surface area contributed by atoms with Crippen LogP contribution >= 0.6 is 0 Å². The second-order valence-electron chi connectivity index (χ2n) is 5.39. The summed E-state index contributed by atoms with van der Waals surface area (Å²) in [6.07, 6.45) is 1.68. The molecule has 0 amide bonds. The molecule has 0 unspecified atom stereocenters. The fourth-order valence-corrected chi connectivity index (χ4v) is 2.73. The Morgan fingerprint density at radius 3 is 2.62 bits per heavy atom. The Morgan fingerprint density at radius 2 is 1.96 bits per heavy atom. The van der Waals surface area contributed by atoms with Crippen molar-refractivity contribution in [1.29, 1.82) is 5.26 Å². The highest BCUT2D eigenvalue weighted by Crippen LogP contribution is 2.42. The van der Waals surface area contributed by atoms with Crippen molar-refractivity contribution in [1.82, 2.24) is 0 Å². The molecule has 1 aliphatic rings. The zero-order valence-electron chi connectivity index (χ0n) is 13.0. The maximum atomic E-state index is 9.52. The monoisotopic (exact) mass is 319 g/mol. The fourth-order valence-electron chi connectivity index (χ4n) is 2.73. The number of nitrogens with two attached hydrogens (primary N) is 2. The third kappa shape index (κ3) is 2.77. The lowest BCUT2D eigenvalue weighted by molar-refractivity contribution is 0.363. The largest absolute Gasteiger partial charge is 0.490 e. The highest BCUT2D eigenvalue weighted by atomic mass is 16.5. The molecule has 0 aromatic heterocycles. The lowest BCUT2D eigenvalue weighted by Crippen LogP contribution is -2.21. The van der Waals surface area contributed by atoms with Gasteiger partial charge in [-0.25, -0.2) is 0 Å². The van der Waals surface area contributed by atoms with E-state index < -0.39 is 0 Å². The van der Waals surface area contributed by atoms with E-state index in [0.717, 1.165) is 16.9 Å². The van der Waals surface area contributed by atoms with Gasteiger partial charge in [0.25, 0.3) is 0 Å². The second kappa shape index (κ2) is 6.39. The van der Waals surface area contributed by atoms with Gasteiger partial charge in [0.15, 0.2) is 0 Å². The number of hydrogen-bond acceptors (Lipinski definition) is 5. The number of hydrogen-bond donors (Lipinski definition) is 2. The Hall–Kier alpha value is -3.39. The minimum Gasteiger partial charge on any atom is -0.490 e. The van der Waals surface area contributed by atoms with Gasteiger partial charge in [-0.3, -0.25) is 0 Å². The van der Waals surface area contributed by atoms with Gasteiger partial charge in [0.05, 0.1) is 5.92 Å². The average Bonchev–Trinajstić information content (AvgIpc) is 2.59. The number of nitrogen functional groups attached to an aromatic ring is 1. The van der Waals surface area contributed by atoms with Crippen LogP contribution in [-0.2, 0) is 0 Å². The highest BCUT2D eigenvalue weighted by Gasteiger charge is 2.30. The predicted molar refractivity (Wildman–Crippen MR) is 92.3 cm³/mol. The fraction of sp³-hybridized carbons (Fsp3) is 0.105. The average molecular weight is 319 g/mol. The smallest absolute Gasteiger partial charge is 0.205 e. The molecule has 0 fully saturated rings. The molecule has 24 heavy (non-hydrogen) atoms. The summed E-state index contributed by atoms with van der Waals surface area (Å²) in [7, 11) is 0. The lowest BCUT2D eigenvalue weighted by Gasteiger charge is -2.26. The summed E-state index contributed by atoms with van der Waals surface area (Å²) >= 11 is 0. The summed E-state index contributed by atoms with van der Waals surface area (Å²) in [4.78, 5) is 0. The summed E-state index contributed by atoms with van der Waals surface area (Å²) in [5.74, 6) is 1.11. The molecular formula is C19H17N3O2. The molecule has 120 valence electrons. The van der Waals surface area contributed by atoms with Crippen molar-refractivity contribution >= 4 is 5.69 Å². The van der Waals surface area contributed by atoms with Gasteiger partial charge in [-0.2, -0.15) is 5.26 Å². The number of allylic oxidation sites excluding steroid dienone is 1. The van der Waals surface area contributed by atoms with Gasteiger partial charge in [0.1, 0.15) is 29.7 Å². The molecule has 5 nitrogen and oxygen atoms in total. The van der Waals surface area contributed by atoms with Crippen molar-refractivity contribution in [2.45, 2.75) is 5.92 Å². The first-order valence-corrected chi connectivity index (χ1v) is 7.44. The third-order valence-electron chi connectivity index (χ3n) is 3.82. The quantitative estimate of drug-likeness (QED) is 0.667. The third-order valence-corrected chi connectivity index (χ3v) is 3.82. The van der Waals surface area contributed by atoms with Crippen LogP contribution in [0, 0.1) is 11.3 Å². The van der Waals surface area contributed by atoms with Crippen molar-refractivity contribution < 1.29 is 9.47 Å². The van der Waals surface area contributed by atoms with Gasteiger partial charge in [-0.1, -0.05) is 30.9 Å². The first-order chi connectivity index (χ1) is 11.6. The number of ether oxygens (including phenoxy) is 2. The summed E-state index contributed by atoms with van der Waals surface area (Å²) in [6.45, 7) is 4.06. The predicted octanol–water partition coefficient (Wildman–Crippen LogP) is 3.05. The molecule has 0 saturated carbocycles. The number of anilines is 1. The standard InChI is InChI=1S/C19H17N3O2/c1-2-9-23-14-6-3-12(4-7-14)18-15-8-5-13(21)10-17(15)24-19(22)16(18)11-20/h2-8,10,18H,1,9,21-22H2/t18-/m0/s1. The van der Waals surface area contributed by atoms with Crippen LogP contribution in [-0.4, -0.2) is 6.61 Å². The van der Waals surface area contributed by atoms with Gasteiger partial charge in [-0.05, 0) is 23.8 Å². The van der Waals surface area contributed by atoms with E-state index in [1.54, 1.807) is 18.2 Å². The van der Waals surface area contributed by atoms with Crippen LogP contribution in [0.2, 0.25) is 0 Å². The molecular weight excluding hydrogens is 302 g/mol. The second-order valence-corrected chi connectivity index (χ2v) is 5.39. The zero-order chi connectivity index (χ0) is 17.1. The van der Waals surface area contributed by atoms with Gasteiger partial charge in [-0.15, -0.1) is 0 Å². The minimum atomic E-state index is -0.298. The van der Waals surface area contributed by atoms with E-state index in [0.29, 0.717) is 23.6 Å². The molecule has 5 heteroatoms. The number of nitrogens with zero attached hydrogens (tertiary/aromatic N) is 1. The van der Waals surface area contributed by atoms with Crippen molar-refractivity contribution in [2.75, 3.05) is 12.3 Å².